The Hall–Kier alpha value is -1.34. The topological polar surface area (TPSA) is 85.8 Å². The van der Waals surface area contributed by atoms with Crippen LogP contribution in [-0.4, -0.2) is 32.5 Å². The summed E-state index contributed by atoms with van der Waals surface area (Å²) in [4.78, 5) is 11.8. The number of nitrogens with one attached hydrogen (secondary N) is 1. The van der Waals surface area contributed by atoms with Crippen molar-refractivity contribution in [3.8, 4) is 0 Å². The molecule has 0 spiro atoms. The zero-order valence-corrected chi connectivity index (χ0v) is 11.8. The standard InChI is InChI=1S/C12H19N5OS/c1-3-6-14-11(18)8(2)19-12-16-15-10(7-13)17(12)9-4-5-9/h3,8-9H,1,4-7,13H2,2H3,(H,14,18). The maximum Gasteiger partial charge on any atom is 0.233 e. The van der Waals surface area contributed by atoms with E-state index in [4.69, 9.17) is 5.73 Å². The molecule has 7 heteroatoms. The number of aromatic nitrogens is 3. The summed E-state index contributed by atoms with van der Waals surface area (Å²) < 4.78 is 2.07. The molecule has 3 N–H and O–H groups in total. The summed E-state index contributed by atoms with van der Waals surface area (Å²) in [5, 5.41) is 11.6. The molecule has 104 valence electrons. The van der Waals surface area contributed by atoms with Gasteiger partial charge in [0.1, 0.15) is 5.82 Å². The Morgan fingerprint density at radius 2 is 2.42 bits per heavy atom. The van der Waals surface area contributed by atoms with Crippen LogP contribution in [0.1, 0.15) is 31.6 Å². The zero-order valence-electron chi connectivity index (χ0n) is 11.0. The number of amides is 1. The number of nitrogens with zero attached hydrogens (tertiary/aromatic N) is 3. The molecule has 0 radical (unpaired) electrons. The molecule has 1 aromatic heterocycles. The van der Waals surface area contributed by atoms with Gasteiger partial charge in [-0.1, -0.05) is 17.8 Å². The van der Waals surface area contributed by atoms with Crippen LogP contribution in [0.5, 0.6) is 0 Å². The Morgan fingerprint density at radius 3 is 3.00 bits per heavy atom. The molecular weight excluding hydrogens is 262 g/mol. The summed E-state index contributed by atoms with van der Waals surface area (Å²) in [6.45, 7) is 6.29. The quantitative estimate of drug-likeness (QED) is 0.572. The van der Waals surface area contributed by atoms with Crippen molar-refractivity contribution >= 4 is 17.7 Å². The van der Waals surface area contributed by atoms with E-state index in [1.807, 2.05) is 6.92 Å². The van der Waals surface area contributed by atoms with Crippen molar-refractivity contribution in [1.82, 2.24) is 20.1 Å². The maximum atomic E-state index is 11.8. The molecule has 1 aliphatic carbocycles. The highest BCUT2D eigenvalue weighted by Gasteiger charge is 2.30. The maximum absolute atomic E-state index is 11.8. The zero-order chi connectivity index (χ0) is 13.8. The Bertz CT molecular complexity index is 469. The normalized spacial score (nSPS) is 16.1. The lowest BCUT2D eigenvalue weighted by molar-refractivity contribution is -0.120. The van der Waals surface area contributed by atoms with Gasteiger partial charge in [0.2, 0.25) is 5.91 Å². The van der Waals surface area contributed by atoms with Gasteiger partial charge >= 0.3 is 0 Å². The van der Waals surface area contributed by atoms with Gasteiger partial charge in [-0.25, -0.2) is 0 Å². The van der Waals surface area contributed by atoms with E-state index in [1.54, 1.807) is 6.08 Å². The molecule has 1 fully saturated rings. The van der Waals surface area contributed by atoms with Crippen LogP contribution in [-0.2, 0) is 11.3 Å². The lowest BCUT2D eigenvalue weighted by atomic mass is 10.4. The first-order valence-corrected chi connectivity index (χ1v) is 7.24. The summed E-state index contributed by atoms with van der Waals surface area (Å²) >= 11 is 1.42. The third-order valence-corrected chi connectivity index (χ3v) is 3.96. The Balaban J connectivity index is 2.04. The summed E-state index contributed by atoms with van der Waals surface area (Å²) in [6, 6.07) is 0.458. The van der Waals surface area contributed by atoms with Gasteiger partial charge in [0.25, 0.3) is 0 Å². The fraction of sp³-hybridized carbons (Fsp3) is 0.583. The molecule has 19 heavy (non-hydrogen) atoms. The van der Waals surface area contributed by atoms with Crippen molar-refractivity contribution in [3.05, 3.63) is 18.5 Å². The fourth-order valence-corrected chi connectivity index (χ4v) is 2.72. The number of nitrogens with two attached hydrogens (primary N) is 1. The third kappa shape index (κ3) is 3.36. The van der Waals surface area contributed by atoms with Crippen molar-refractivity contribution in [2.24, 2.45) is 5.73 Å². The predicted molar refractivity (Wildman–Crippen MR) is 74.7 cm³/mol. The SMILES string of the molecule is C=CCNC(=O)C(C)Sc1nnc(CN)n1C1CC1. The Kier molecular flexibility index (Phi) is 4.60. The molecule has 1 atom stereocenters. The number of thioether (sulfide) groups is 1. The summed E-state index contributed by atoms with van der Waals surface area (Å²) in [6.07, 6.45) is 3.93. The van der Waals surface area contributed by atoms with Gasteiger partial charge in [-0.15, -0.1) is 16.8 Å². The molecule has 6 nitrogen and oxygen atoms in total. The minimum atomic E-state index is -0.215. The minimum absolute atomic E-state index is 0.0236. The van der Waals surface area contributed by atoms with Gasteiger partial charge in [0, 0.05) is 12.6 Å². The lowest BCUT2D eigenvalue weighted by Gasteiger charge is -2.12. The van der Waals surface area contributed by atoms with E-state index in [0.29, 0.717) is 19.1 Å². The van der Waals surface area contributed by atoms with E-state index in [2.05, 4.69) is 26.7 Å². The Labute approximate surface area is 116 Å². The first-order chi connectivity index (χ1) is 9.17. The van der Waals surface area contributed by atoms with Crippen molar-refractivity contribution in [1.29, 1.82) is 0 Å². The lowest BCUT2D eigenvalue weighted by Crippen LogP contribution is -2.31. The van der Waals surface area contributed by atoms with E-state index < -0.39 is 0 Å². The highest BCUT2D eigenvalue weighted by molar-refractivity contribution is 8.00. The second-order valence-corrected chi connectivity index (χ2v) is 5.81. The second kappa shape index (κ2) is 6.21. The molecule has 1 saturated carbocycles. The van der Waals surface area contributed by atoms with Gasteiger partial charge in [0.15, 0.2) is 5.16 Å². The van der Waals surface area contributed by atoms with Crippen LogP contribution in [0.4, 0.5) is 0 Å². The van der Waals surface area contributed by atoms with Gasteiger partial charge in [0.05, 0.1) is 11.8 Å². The van der Waals surface area contributed by atoms with Crippen LogP contribution in [0.3, 0.4) is 0 Å². The van der Waals surface area contributed by atoms with Crippen LogP contribution >= 0.6 is 11.8 Å². The number of hydrogen-bond acceptors (Lipinski definition) is 5. The second-order valence-electron chi connectivity index (χ2n) is 4.50. The molecule has 0 aliphatic heterocycles. The van der Waals surface area contributed by atoms with E-state index in [-0.39, 0.29) is 11.2 Å². The predicted octanol–water partition coefficient (Wildman–Crippen LogP) is 0.854. The average molecular weight is 281 g/mol. The molecule has 1 heterocycles. The van der Waals surface area contributed by atoms with Crippen molar-refractivity contribution in [3.63, 3.8) is 0 Å². The smallest absolute Gasteiger partial charge is 0.233 e. The van der Waals surface area contributed by atoms with Gasteiger partial charge in [-0.2, -0.15) is 0 Å². The van der Waals surface area contributed by atoms with Crippen LogP contribution < -0.4 is 11.1 Å². The molecule has 0 aromatic carbocycles. The third-order valence-electron chi connectivity index (χ3n) is 2.90. The van der Waals surface area contributed by atoms with Crippen molar-refractivity contribution < 1.29 is 4.79 Å². The van der Waals surface area contributed by atoms with E-state index in [1.165, 1.54) is 11.8 Å². The fourth-order valence-electron chi connectivity index (χ4n) is 1.75. The number of hydrogen-bond donors (Lipinski definition) is 2. The molecular formula is C12H19N5OS. The van der Waals surface area contributed by atoms with E-state index in [0.717, 1.165) is 23.8 Å². The minimum Gasteiger partial charge on any atom is -0.352 e. The summed E-state index contributed by atoms with van der Waals surface area (Å²) in [7, 11) is 0. The Morgan fingerprint density at radius 1 is 1.68 bits per heavy atom. The molecule has 0 saturated heterocycles. The molecule has 1 amide bonds. The monoisotopic (exact) mass is 281 g/mol. The van der Waals surface area contributed by atoms with E-state index in [9.17, 15) is 4.79 Å². The van der Waals surface area contributed by atoms with Crippen LogP contribution in [0, 0.1) is 0 Å². The van der Waals surface area contributed by atoms with Gasteiger partial charge in [-0.05, 0) is 19.8 Å². The molecule has 1 unspecified atom stereocenters. The molecule has 0 bridgehead atoms. The molecule has 2 rings (SSSR count). The van der Waals surface area contributed by atoms with Crippen LogP contribution in [0.2, 0.25) is 0 Å². The first kappa shape index (κ1) is 14.1. The van der Waals surface area contributed by atoms with Gasteiger partial charge in [-0.3, -0.25) is 4.79 Å². The van der Waals surface area contributed by atoms with E-state index >= 15 is 0 Å². The van der Waals surface area contributed by atoms with Crippen molar-refractivity contribution in [2.45, 2.75) is 42.8 Å². The highest BCUT2D eigenvalue weighted by atomic mass is 32.2. The number of rotatable bonds is 7. The van der Waals surface area contributed by atoms with Gasteiger partial charge < -0.3 is 15.6 Å². The average Bonchev–Trinajstić information content (AvgIpc) is 3.17. The highest BCUT2D eigenvalue weighted by Crippen LogP contribution is 2.39. The number of carbonyl (C=O) groups is 1. The molecule has 1 aliphatic rings. The molecule has 1 aromatic rings. The van der Waals surface area contributed by atoms with Crippen molar-refractivity contribution in [2.75, 3.05) is 6.54 Å². The number of carbonyl (C=O) groups excluding carboxylic acids is 1. The van der Waals surface area contributed by atoms with Crippen LogP contribution in [0.25, 0.3) is 0 Å². The summed E-state index contributed by atoms with van der Waals surface area (Å²) in [5.74, 6) is 0.772. The summed E-state index contributed by atoms with van der Waals surface area (Å²) in [5.41, 5.74) is 5.66. The van der Waals surface area contributed by atoms with Crippen LogP contribution in [0.15, 0.2) is 17.8 Å². The largest absolute Gasteiger partial charge is 0.352 e. The first-order valence-electron chi connectivity index (χ1n) is 6.36.